The highest BCUT2D eigenvalue weighted by Gasteiger charge is 2.16. The van der Waals surface area contributed by atoms with Gasteiger partial charge in [0.1, 0.15) is 0 Å². The van der Waals surface area contributed by atoms with Gasteiger partial charge >= 0.3 is 0 Å². The number of rotatable bonds is 4. The third-order valence-corrected chi connectivity index (χ3v) is 3.19. The van der Waals surface area contributed by atoms with Crippen molar-refractivity contribution in [2.24, 2.45) is 0 Å². The Morgan fingerprint density at radius 3 is 2.88 bits per heavy atom. The number of aryl methyl sites for hydroxylation is 1. The zero-order chi connectivity index (χ0) is 12.3. The van der Waals surface area contributed by atoms with E-state index in [9.17, 15) is 0 Å². The van der Waals surface area contributed by atoms with Gasteiger partial charge in [-0.3, -0.25) is 0 Å². The van der Waals surface area contributed by atoms with Crippen LogP contribution in [0.2, 0.25) is 0 Å². The molecule has 0 aliphatic rings. The van der Waals surface area contributed by atoms with Crippen molar-refractivity contribution in [1.82, 2.24) is 10.3 Å². The van der Waals surface area contributed by atoms with E-state index in [1.54, 1.807) is 0 Å². The highest BCUT2D eigenvalue weighted by molar-refractivity contribution is 5.85. The van der Waals surface area contributed by atoms with Crippen molar-refractivity contribution in [2.75, 3.05) is 7.05 Å². The topological polar surface area (TPSA) is 51.6 Å². The number of nitriles is 1. The summed E-state index contributed by atoms with van der Waals surface area (Å²) in [5.74, 6) is 0. The zero-order valence-electron chi connectivity index (χ0n) is 10.2. The van der Waals surface area contributed by atoms with Crippen molar-refractivity contribution >= 4 is 10.9 Å². The summed E-state index contributed by atoms with van der Waals surface area (Å²) >= 11 is 0. The van der Waals surface area contributed by atoms with Crippen LogP contribution >= 0.6 is 0 Å². The summed E-state index contributed by atoms with van der Waals surface area (Å²) in [6.45, 7) is 2.09. The molecule has 0 radical (unpaired) electrons. The molecule has 0 aliphatic carbocycles. The maximum absolute atomic E-state index is 8.71. The van der Waals surface area contributed by atoms with Gasteiger partial charge in [-0.25, -0.2) is 0 Å². The fourth-order valence-corrected chi connectivity index (χ4v) is 2.39. The Hall–Kier alpha value is -1.79. The van der Waals surface area contributed by atoms with E-state index in [1.807, 2.05) is 13.1 Å². The lowest BCUT2D eigenvalue weighted by atomic mass is 9.99. The second-order valence-corrected chi connectivity index (χ2v) is 4.25. The van der Waals surface area contributed by atoms with E-state index in [0.717, 1.165) is 11.9 Å². The Morgan fingerprint density at radius 1 is 1.41 bits per heavy atom. The first-order valence-corrected chi connectivity index (χ1v) is 5.89. The molecule has 3 nitrogen and oxygen atoms in total. The molecule has 1 heterocycles. The number of hydrogen-bond acceptors (Lipinski definition) is 2. The Balaban J connectivity index is 2.45. The second kappa shape index (κ2) is 5.03. The molecule has 88 valence electrons. The number of H-pyrrole nitrogens is 1. The largest absolute Gasteiger partial charge is 0.358 e. The molecular formula is C14H17N3. The average Bonchev–Trinajstić information content (AvgIpc) is 2.67. The number of fused-ring (bicyclic) bond motifs is 1. The number of aromatic amines is 1. The Labute approximate surface area is 101 Å². The van der Waals surface area contributed by atoms with Gasteiger partial charge in [-0.15, -0.1) is 0 Å². The van der Waals surface area contributed by atoms with E-state index in [2.05, 4.69) is 41.5 Å². The van der Waals surface area contributed by atoms with Crippen LogP contribution in [0.25, 0.3) is 10.9 Å². The van der Waals surface area contributed by atoms with E-state index in [-0.39, 0.29) is 6.04 Å². The summed E-state index contributed by atoms with van der Waals surface area (Å²) in [7, 11) is 1.95. The van der Waals surface area contributed by atoms with E-state index in [1.165, 1.54) is 16.6 Å². The van der Waals surface area contributed by atoms with Crippen molar-refractivity contribution in [3.05, 3.63) is 35.5 Å². The lowest BCUT2D eigenvalue weighted by molar-refractivity contribution is 0.558. The highest BCUT2D eigenvalue weighted by Crippen LogP contribution is 2.29. The van der Waals surface area contributed by atoms with Gasteiger partial charge in [-0.05, 0) is 32.0 Å². The molecule has 0 fully saturated rings. The minimum atomic E-state index is 0.241. The first kappa shape index (κ1) is 11.7. The van der Waals surface area contributed by atoms with Gasteiger partial charge < -0.3 is 10.3 Å². The average molecular weight is 227 g/mol. The van der Waals surface area contributed by atoms with E-state index in [0.29, 0.717) is 6.42 Å². The number of nitrogens with zero attached hydrogens (tertiary/aromatic N) is 1. The van der Waals surface area contributed by atoms with Crippen molar-refractivity contribution in [3.8, 4) is 6.07 Å². The molecule has 2 rings (SSSR count). The quantitative estimate of drug-likeness (QED) is 0.843. The van der Waals surface area contributed by atoms with Gasteiger partial charge in [0, 0.05) is 29.1 Å². The van der Waals surface area contributed by atoms with Gasteiger partial charge in [-0.1, -0.05) is 18.2 Å². The SMILES string of the molecule is CNC(CCC#N)c1c(C)[nH]c2ccccc12. The van der Waals surface area contributed by atoms with Crippen molar-refractivity contribution in [1.29, 1.82) is 5.26 Å². The van der Waals surface area contributed by atoms with E-state index >= 15 is 0 Å². The van der Waals surface area contributed by atoms with Crippen LogP contribution in [0.1, 0.15) is 30.1 Å². The van der Waals surface area contributed by atoms with Crippen LogP contribution in [0, 0.1) is 18.3 Å². The first-order chi connectivity index (χ1) is 8.27. The maximum Gasteiger partial charge on any atom is 0.0622 e. The summed E-state index contributed by atoms with van der Waals surface area (Å²) in [6, 6.07) is 10.8. The molecule has 0 amide bonds. The second-order valence-electron chi connectivity index (χ2n) is 4.25. The fourth-order valence-electron chi connectivity index (χ4n) is 2.39. The third-order valence-electron chi connectivity index (χ3n) is 3.19. The third kappa shape index (κ3) is 2.17. The minimum Gasteiger partial charge on any atom is -0.358 e. The molecule has 2 aromatic rings. The van der Waals surface area contributed by atoms with Crippen LogP contribution in [0.3, 0.4) is 0 Å². The summed E-state index contributed by atoms with van der Waals surface area (Å²) in [4.78, 5) is 3.40. The molecule has 17 heavy (non-hydrogen) atoms. The summed E-state index contributed by atoms with van der Waals surface area (Å²) in [5.41, 5.74) is 3.64. The number of para-hydroxylation sites is 1. The summed E-state index contributed by atoms with van der Waals surface area (Å²) in [6.07, 6.45) is 1.42. The number of hydrogen-bond donors (Lipinski definition) is 2. The maximum atomic E-state index is 8.71. The van der Waals surface area contributed by atoms with Crippen molar-refractivity contribution < 1.29 is 0 Å². The predicted molar refractivity (Wildman–Crippen MR) is 69.7 cm³/mol. The Kier molecular flexibility index (Phi) is 3.46. The minimum absolute atomic E-state index is 0.241. The van der Waals surface area contributed by atoms with Gasteiger partial charge in [0.15, 0.2) is 0 Å². The fraction of sp³-hybridized carbons (Fsp3) is 0.357. The highest BCUT2D eigenvalue weighted by atomic mass is 14.9. The molecule has 0 bridgehead atoms. The lowest BCUT2D eigenvalue weighted by Crippen LogP contribution is -2.16. The number of benzene rings is 1. The summed E-state index contributed by atoms with van der Waals surface area (Å²) < 4.78 is 0. The van der Waals surface area contributed by atoms with Crippen LogP contribution in [0.4, 0.5) is 0 Å². The van der Waals surface area contributed by atoms with Gasteiger partial charge in [0.2, 0.25) is 0 Å². The van der Waals surface area contributed by atoms with Crippen LogP contribution in [0.5, 0.6) is 0 Å². The van der Waals surface area contributed by atoms with Gasteiger partial charge in [0.25, 0.3) is 0 Å². The van der Waals surface area contributed by atoms with Crippen LogP contribution < -0.4 is 5.32 Å². The normalized spacial score (nSPS) is 12.5. The Bertz CT molecular complexity index is 548. The molecular weight excluding hydrogens is 210 g/mol. The number of aromatic nitrogens is 1. The molecule has 0 spiro atoms. The van der Waals surface area contributed by atoms with Crippen molar-refractivity contribution in [2.45, 2.75) is 25.8 Å². The molecule has 1 aromatic heterocycles. The zero-order valence-corrected chi connectivity index (χ0v) is 10.2. The van der Waals surface area contributed by atoms with Crippen LogP contribution in [-0.2, 0) is 0 Å². The molecule has 1 unspecified atom stereocenters. The Morgan fingerprint density at radius 2 is 2.18 bits per heavy atom. The predicted octanol–water partition coefficient (Wildman–Crippen LogP) is 3.04. The molecule has 1 atom stereocenters. The van der Waals surface area contributed by atoms with E-state index in [4.69, 9.17) is 5.26 Å². The molecule has 2 N–H and O–H groups in total. The van der Waals surface area contributed by atoms with Gasteiger partial charge in [-0.2, -0.15) is 5.26 Å². The lowest BCUT2D eigenvalue weighted by Gasteiger charge is -2.15. The van der Waals surface area contributed by atoms with E-state index < -0.39 is 0 Å². The first-order valence-electron chi connectivity index (χ1n) is 5.89. The summed E-state index contributed by atoms with van der Waals surface area (Å²) in [5, 5.41) is 13.3. The standard InChI is InChI=1S/C14H17N3/c1-10-14(13(16-2)8-5-9-15)11-6-3-4-7-12(11)17-10/h3-4,6-7,13,16-17H,5,8H2,1-2H3. The molecule has 0 saturated carbocycles. The molecule has 0 aliphatic heterocycles. The molecule has 3 heteroatoms. The number of nitrogens with one attached hydrogen (secondary N) is 2. The monoisotopic (exact) mass is 227 g/mol. The van der Waals surface area contributed by atoms with Crippen molar-refractivity contribution in [3.63, 3.8) is 0 Å². The molecule has 1 aromatic carbocycles. The molecule has 0 saturated heterocycles. The van der Waals surface area contributed by atoms with Gasteiger partial charge in [0.05, 0.1) is 6.07 Å². The van der Waals surface area contributed by atoms with Crippen LogP contribution in [0.15, 0.2) is 24.3 Å². The smallest absolute Gasteiger partial charge is 0.0622 e. The van der Waals surface area contributed by atoms with Crippen LogP contribution in [-0.4, -0.2) is 12.0 Å².